The highest BCUT2D eigenvalue weighted by Crippen LogP contribution is 2.38. The smallest absolute Gasteiger partial charge is 0.355 e. The maximum absolute atomic E-state index is 12.8. The van der Waals surface area contributed by atoms with Crippen molar-refractivity contribution in [3.05, 3.63) is 52.6 Å². The number of carbonyl (C=O) groups is 3. The molecule has 1 aromatic rings. The molecule has 1 aliphatic rings. The van der Waals surface area contributed by atoms with Crippen LogP contribution in [0, 0.1) is 0 Å². The number of likely N-dealkylation sites (tertiary alicyclic amines) is 1. The number of nitrogens with zero attached hydrogens (tertiary/aromatic N) is 1. The number of methoxy groups -OCH3 is 1. The first-order chi connectivity index (χ1) is 15.4. The molecule has 0 aliphatic carbocycles. The molecule has 1 heterocycles. The van der Waals surface area contributed by atoms with Gasteiger partial charge in [0.1, 0.15) is 35.4 Å². The van der Waals surface area contributed by atoms with Crippen LogP contribution in [-0.2, 0) is 30.5 Å². The van der Waals surface area contributed by atoms with E-state index in [0.717, 1.165) is 23.4 Å². The molecule has 0 radical (unpaired) electrons. The first-order valence-corrected chi connectivity index (χ1v) is 12.0. The molecule has 1 fully saturated rings. The lowest BCUT2D eigenvalue weighted by Gasteiger charge is -2.43. The van der Waals surface area contributed by atoms with Crippen LogP contribution in [0.5, 0.6) is 5.75 Å². The van der Waals surface area contributed by atoms with Crippen molar-refractivity contribution in [3.8, 4) is 5.75 Å². The molecule has 1 saturated heterocycles. The number of ether oxygens (including phenoxy) is 3. The summed E-state index contributed by atoms with van der Waals surface area (Å²) in [5.41, 5.74) is 1.42. The minimum Gasteiger partial charge on any atom is -0.497 e. The summed E-state index contributed by atoms with van der Waals surface area (Å²) in [7, 11) is 1.56. The zero-order valence-electron chi connectivity index (χ0n) is 17.8. The summed E-state index contributed by atoms with van der Waals surface area (Å²) in [5.74, 6) is -1.17. The molecule has 1 aliphatic heterocycles. The zero-order chi connectivity index (χ0) is 24.8. The van der Waals surface area contributed by atoms with Gasteiger partial charge in [-0.05, 0) is 42.5 Å². The molecular weight excluding hydrogens is 536 g/mol. The molecule has 0 bridgehead atoms. The molecule has 0 spiro atoms. The van der Waals surface area contributed by atoms with Crippen molar-refractivity contribution >= 4 is 76.0 Å². The van der Waals surface area contributed by atoms with Gasteiger partial charge in [-0.2, -0.15) is 0 Å². The highest BCUT2D eigenvalue weighted by molar-refractivity contribution is 8.03. The van der Waals surface area contributed by atoms with Crippen LogP contribution in [0.1, 0.15) is 19.4 Å². The third-order valence-electron chi connectivity index (χ3n) is 4.22. The normalized spacial score (nSPS) is 18.0. The second-order valence-electron chi connectivity index (χ2n) is 6.94. The number of amides is 1. The highest BCUT2D eigenvalue weighted by atomic mass is 35.6. The van der Waals surface area contributed by atoms with E-state index in [0.29, 0.717) is 11.3 Å². The van der Waals surface area contributed by atoms with Gasteiger partial charge in [-0.25, -0.2) is 9.59 Å². The number of thioether (sulfide) groups is 1. The topological polar surface area (TPSA) is 82.1 Å². The molecule has 2 atom stereocenters. The van der Waals surface area contributed by atoms with E-state index in [4.69, 9.17) is 60.6 Å². The number of benzene rings is 1. The molecule has 1 aromatic carbocycles. The van der Waals surface area contributed by atoms with Crippen molar-refractivity contribution < 1.29 is 28.6 Å². The van der Waals surface area contributed by atoms with Crippen LogP contribution in [0.2, 0.25) is 0 Å². The van der Waals surface area contributed by atoms with Gasteiger partial charge in [0.15, 0.2) is 0 Å². The maximum Gasteiger partial charge on any atom is 0.355 e. The van der Waals surface area contributed by atoms with Gasteiger partial charge in [-0.15, -0.1) is 23.4 Å². The molecule has 0 N–H and O–H groups in total. The Labute approximate surface area is 215 Å². The predicted molar refractivity (Wildman–Crippen MR) is 129 cm³/mol. The van der Waals surface area contributed by atoms with Crippen LogP contribution >= 0.6 is 58.2 Å². The Hall–Kier alpha value is -1.58. The van der Waals surface area contributed by atoms with E-state index in [1.165, 1.54) is 10.3 Å². The Morgan fingerprint density at radius 2 is 1.79 bits per heavy atom. The van der Waals surface area contributed by atoms with E-state index in [2.05, 4.69) is 0 Å². The van der Waals surface area contributed by atoms with Gasteiger partial charge in [0.05, 0.1) is 7.11 Å². The van der Waals surface area contributed by atoms with E-state index >= 15 is 0 Å². The Kier molecular flexibility index (Phi) is 10.2. The summed E-state index contributed by atoms with van der Waals surface area (Å²) in [4.78, 5) is 38.2. The number of rotatable bonds is 9. The second-order valence-corrected chi connectivity index (χ2v) is 10.9. The minimum atomic E-state index is -1.72. The molecule has 0 aromatic heterocycles. The predicted octanol–water partition coefficient (Wildman–Crippen LogP) is 4.97. The number of carbonyl (C=O) groups excluding carboxylic acids is 3. The van der Waals surface area contributed by atoms with Gasteiger partial charge in [-0.3, -0.25) is 9.69 Å². The lowest BCUT2D eigenvalue weighted by Crippen LogP contribution is -2.61. The number of halogens is 4. The van der Waals surface area contributed by atoms with Crippen LogP contribution < -0.4 is 4.74 Å². The first kappa shape index (κ1) is 27.7. The molecule has 1 amide bonds. The zero-order valence-corrected chi connectivity index (χ0v) is 21.7. The van der Waals surface area contributed by atoms with E-state index in [9.17, 15) is 14.4 Å². The fourth-order valence-electron chi connectivity index (χ4n) is 2.66. The van der Waals surface area contributed by atoms with Gasteiger partial charge in [0, 0.05) is 6.08 Å². The van der Waals surface area contributed by atoms with Gasteiger partial charge in [0.25, 0.3) is 0 Å². The van der Waals surface area contributed by atoms with Gasteiger partial charge >= 0.3 is 11.9 Å². The van der Waals surface area contributed by atoms with Crippen LogP contribution in [0.3, 0.4) is 0 Å². The third-order valence-corrected chi connectivity index (χ3v) is 6.17. The molecule has 180 valence electrons. The minimum absolute atomic E-state index is 0.0126. The molecule has 12 heteroatoms. The molecular formula is C21H21Cl4NO6S. The lowest BCUT2D eigenvalue weighted by atomic mass is 10.1. The van der Waals surface area contributed by atoms with E-state index in [1.54, 1.807) is 45.2 Å². The molecule has 0 saturated carbocycles. The van der Waals surface area contributed by atoms with Crippen LogP contribution in [0.25, 0.3) is 0 Å². The largest absolute Gasteiger partial charge is 0.497 e. The number of β-lactam (4-membered cyclic amide) rings is 1. The summed E-state index contributed by atoms with van der Waals surface area (Å²) in [6, 6.07) is 7.03. The number of hydrogen-bond donors (Lipinski definition) is 0. The Morgan fingerprint density at radius 1 is 1.15 bits per heavy atom. The SMILES string of the molecule is COc1ccc(COC(=O)C(=C(C)C)N2C(=O)[C@H](Cl)[C@H]2S/C=C/C(=O)OCC(Cl)(Cl)Cl)cc1. The van der Waals surface area contributed by atoms with E-state index in [-0.39, 0.29) is 12.3 Å². The Bertz CT molecular complexity index is 941. The summed E-state index contributed by atoms with van der Waals surface area (Å²) in [6.45, 7) is 2.97. The first-order valence-electron chi connectivity index (χ1n) is 9.44. The average Bonchev–Trinajstić information content (AvgIpc) is 2.77. The van der Waals surface area contributed by atoms with Crippen molar-refractivity contribution in [2.75, 3.05) is 13.7 Å². The van der Waals surface area contributed by atoms with Gasteiger partial charge in [-0.1, -0.05) is 46.9 Å². The highest BCUT2D eigenvalue weighted by Gasteiger charge is 2.50. The van der Waals surface area contributed by atoms with Crippen molar-refractivity contribution in [2.24, 2.45) is 0 Å². The standard InChI is InChI=1S/C21H21Cl4NO6S/c1-12(2)17(20(29)31-10-13-4-6-14(30-3)7-5-13)26-18(28)16(22)19(26)33-9-8-15(27)32-11-21(23,24)25/h4-9,16,19H,10-11H2,1-3H3/b9-8+/t16-,19+/m0/s1. The number of allylic oxidation sites excluding steroid dienone is 1. The summed E-state index contributed by atoms with van der Waals surface area (Å²) < 4.78 is 13.6. The molecule has 7 nitrogen and oxygen atoms in total. The number of alkyl halides is 4. The molecule has 2 rings (SSSR count). The van der Waals surface area contributed by atoms with E-state index in [1.807, 2.05) is 0 Å². The molecule has 33 heavy (non-hydrogen) atoms. The Morgan fingerprint density at radius 3 is 2.33 bits per heavy atom. The summed E-state index contributed by atoms with van der Waals surface area (Å²) in [5, 5.41) is -0.124. The third kappa shape index (κ3) is 8.00. The average molecular weight is 557 g/mol. The molecule has 0 unspecified atom stereocenters. The van der Waals surface area contributed by atoms with Gasteiger partial charge in [0.2, 0.25) is 9.70 Å². The van der Waals surface area contributed by atoms with E-state index < -0.39 is 39.0 Å². The van der Waals surface area contributed by atoms with Crippen LogP contribution in [0.4, 0.5) is 0 Å². The monoisotopic (exact) mass is 555 g/mol. The van der Waals surface area contributed by atoms with Gasteiger partial charge < -0.3 is 14.2 Å². The van der Waals surface area contributed by atoms with Crippen molar-refractivity contribution in [3.63, 3.8) is 0 Å². The van der Waals surface area contributed by atoms with Crippen molar-refractivity contribution in [2.45, 2.75) is 35.0 Å². The summed E-state index contributed by atoms with van der Waals surface area (Å²) >= 11 is 23.8. The van der Waals surface area contributed by atoms with Crippen molar-refractivity contribution in [1.82, 2.24) is 4.90 Å². The number of esters is 2. The fraction of sp³-hybridized carbons (Fsp3) is 0.381. The lowest BCUT2D eigenvalue weighted by molar-refractivity contribution is -0.149. The van der Waals surface area contributed by atoms with Crippen molar-refractivity contribution in [1.29, 1.82) is 0 Å². The maximum atomic E-state index is 12.8. The summed E-state index contributed by atoms with van der Waals surface area (Å²) in [6.07, 6.45) is 1.11. The number of hydrogen-bond acceptors (Lipinski definition) is 7. The second kappa shape index (κ2) is 12.2. The fourth-order valence-corrected chi connectivity index (χ4v) is 4.15. The quantitative estimate of drug-likeness (QED) is 0.184. The van der Waals surface area contributed by atoms with Crippen LogP contribution in [0.15, 0.2) is 47.0 Å². The Balaban J connectivity index is 2.02. The van der Waals surface area contributed by atoms with Crippen LogP contribution in [-0.4, -0.2) is 51.0 Å².